The summed E-state index contributed by atoms with van der Waals surface area (Å²) in [6, 6.07) is 1.28. The van der Waals surface area contributed by atoms with Crippen LogP contribution in [0.25, 0.3) is 0 Å². The molecule has 0 aromatic heterocycles. The van der Waals surface area contributed by atoms with Crippen LogP contribution in [0, 0.1) is 5.92 Å². The molecule has 106 valence electrons. The first-order chi connectivity index (χ1) is 8.58. The molecule has 0 bridgehead atoms. The first kappa shape index (κ1) is 14.3. The maximum absolute atomic E-state index is 5.99. The second kappa shape index (κ2) is 5.89. The Kier molecular flexibility index (Phi) is 4.68. The third-order valence-electron chi connectivity index (χ3n) is 5.08. The predicted molar refractivity (Wildman–Crippen MR) is 75.6 cm³/mol. The molecule has 4 atom stereocenters. The molecule has 2 N–H and O–H groups in total. The minimum atomic E-state index is 0.0884. The fraction of sp³-hybridized carbons (Fsp3) is 1.00. The van der Waals surface area contributed by atoms with Crippen LogP contribution in [-0.4, -0.2) is 42.3 Å². The lowest BCUT2D eigenvalue weighted by molar-refractivity contribution is -0.106. The molecule has 0 spiro atoms. The van der Waals surface area contributed by atoms with Crippen LogP contribution in [0.15, 0.2) is 0 Å². The highest BCUT2D eigenvalue weighted by molar-refractivity contribution is 4.92. The summed E-state index contributed by atoms with van der Waals surface area (Å²) in [7, 11) is 0. The molecule has 4 unspecified atom stereocenters. The van der Waals surface area contributed by atoms with E-state index in [1.807, 2.05) is 0 Å². The summed E-state index contributed by atoms with van der Waals surface area (Å²) in [5, 5.41) is 0. The predicted octanol–water partition coefficient (Wildman–Crippen LogP) is 2.39. The number of likely N-dealkylation sites (tertiary alicyclic amines) is 1. The fourth-order valence-corrected chi connectivity index (χ4v) is 3.61. The van der Waals surface area contributed by atoms with Crippen LogP contribution in [-0.2, 0) is 4.74 Å². The fourth-order valence-electron chi connectivity index (χ4n) is 3.61. The van der Waals surface area contributed by atoms with Crippen LogP contribution in [0.5, 0.6) is 0 Å². The van der Waals surface area contributed by atoms with Crippen LogP contribution in [0.2, 0.25) is 0 Å². The summed E-state index contributed by atoms with van der Waals surface area (Å²) in [6.45, 7) is 9.82. The number of rotatable bonds is 3. The van der Waals surface area contributed by atoms with E-state index in [4.69, 9.17) is 10.5 Å². The standard InChI is InChI=1S/C15H30N2O/c1-4-15(3)10-13(6-8-18-15)17-7-5-12(2)9-14(17)11-16/h12-14H,4-11,16H2,1-3H3. The van der Waals surface area contributed by atoms with Crippen molar-refractivity contribution in [3.8, 4) is 0 Å². The number of nitrogens with zero attached hydrogens (tertiary/aromatic N) is 1. The highest BCUT2D eigenvalue weighted by Crippen LogP contribution is 2.34. The average molecular weight is 254 g/mol. The number of ether oxygens (including phenoxy) is 1. The smallest absolute Gasteiger partial charge is 0.0666 e. The number of nitrogens with two attached hydrogens (primary N) is 1. The Hall–Kier alpha value is -0.120. The first-order valence-corrected chi connectivity index (χ1v) is 7.67. The third kappa shape index (κ3) is 3.06. The summed E-state index contributed by atoms with van der Waals surface area (Å²) in [5.74, 6) is 0.840. The van der Waals surface area contributed by atoms with E-state index in [1.54, 1.807) is 0 Å². The first-order valence-electron chi connectivity index (χ1n) is 7.67. The molecule has 0 radical (unpaired) electrons. The van der Waals surface area contributed by atoms with E-state index in [2.05, 4.69) is 25.7 Å². The van der Waals surface area contributed by atoms with Crippen molar-refractivity contribution in [1.82, 2.24) is 4.90 Å². The quantitative estimate of drug-likeness (QED) is 0.840. The van der Waals surface area contributed by atoms with Gasteiger partial charge in [0.2, 0.25) is 0 Å². The Morgan fingerprint density at radius 2 is 2.17 bits per heavy atom. The van der Waals surface area contributed by atoms with Crippen molar-refractivity contribution in [3.05, 3.63) is 0 Å². The maximum atomic E-state index is 5.99. The molecule has 18 heavy (non-hydrogen) atoms. The van der Waals surface area contributed by atoms with E-state index in [0.717, 1.165) is 25.5 Å². The highest BCUT2D eigenvalue weighted by Gasteiger charge is 2.38. The SMILES string of the molecule is CCC1(C)CC(N2CCC(C)CC2CN)CCO1. The molecule has 2 rings (SSSR count). The van der Waals surface area contributed by atoms with Gasteiger partial charge in [0, 0.05) is 25.2 Å². The summed E-state index contributed by atoms with van der Waals surface area (Å²) < 4.78 is 5.97. The number of piperidine rings is 1. The molecule has 3 nitrogen and oxygen atoms in total. The van der Waals surface area contributed by atoms with Crippen molar-refractivity contribution in [1.29, 1.82) is 0 Å². The second-order valence-electron chi connectivity index (χ2n) is 6.56. The van der Waals surface area contributed by atoms with Gasteiger partial charge in [0.25, 0.3) is 0 Å². The summed E-state index contributed by atoms with van der Waals surface area (Å²) in [5.41, 5.74) is 6.08. The number of hydrogen-bond acceptors (Lipinski definition) is 3. The molecule has 2 aliphatic heterocycles. The van der Waals surface area contributed by atoms with Gasteiger partial charge in [-0.1, -0.05) is 13.8 Å². The van der Waals surface area contributed by atoms with E-state index in [-0.39, 0.29) is 5.60 Å². The van der Waals surface area contributed by atoms with E-state index < -0.39 is 0 Å². The van der Waals surface area contributed by atoms with Crippen LogP contribution in [0.4, 0.5) is 0 Å². The summed E-state index contributed by atoms with van der Waals surface area (Å²) in [6.07, 6.45) is 6.07. The van der Waals surface area contributed by atoms with E-state index in [1.165, 1.54) is 32.2 Å². The van der Waals surface area contributed by atoms with E-state index >= 15 is 0 Å². The van der Waals surface area contributed by atoms with Gasteiger partial charge in [0.1, 0.15) is 0 Å². The van der Waals surface area contributed by atoms with Crippen LogP contribution >= 0.6 is 0 Å². The molecule has 2 fully saturated rings. The van der Waals surface area contributed by atoms with Crippen molar-refractivity contribution >= 4 is 0 Å². The Morgan fingerprint density at radius 3 is 2.83 bits per heavy atom. The largest absolute Gasteiger partial charge is 0.375 e. The number of hydrogen-bond donors (Lipinski definition) is 1. The van der Waals surface area contributed by atoms with Gasteiger partial charge in [-0.2, -0.15) is 0 Å². The summed E-state index contributed by atoms with van der Waals surface area (Å²) >= 11 is 0. The van der Waals surface area contributed by atoms with Gasteiger partial charge in [0.15, 0.2) is 0 Å². The maximum Gasteiger partial charge on any atom is 0.0666 e. The lowest BCUT2D eigenvalue weighted by atomic mass is 9.85. The minimum Gasteiger partial charge on any atom is -0.375 e. The molecular weight excluding hydrogens is 224 g/mol. The molecule has 0 amide bonds. The minimum absolute atomic E-state index is 0.0884. The molecule has 2 heterocycles. The van der Waals surface area contributed by atoms with Gasteiger partial charge in [-0.25, -0.2) is 0 Å². The molecule has 0 aromatic rings. The van der Waals surface area contributed by atoms with Gasteiger partial charge in [-0.15, -0.1) is 0 Å². The van der Waals surface area contributed by atoms with Gasteiger partial charge in [0.05, 0.1) is 5.60 Å². The van der Waals surface area contributed by atoms with Crippen molar-refractivity contribution in [3.63, 3.8) is 0 Å². The van der Waals surface area contributed by atoms with Gasteiger partial charge in [-0.05, 0) is 51.5 Å². The third-order valence-corrected chi connectivity index (χ3v) is 5.08. The molecule has 3 heteroatoms. The second-order valence-corrected chi connectivity index (χ2v) is 6.56. The topological polar surface area (TPSA) is 38.5 Å². The van der Waals surface area contributed by atoms with Crippen LogP contribution < -0.4 is 5.73 Å². The molecule has 0 aliphatic carbocycles. The van der Waals surface area contributed by atoms with Crippen molar-refractivity contribution in [2.75, 3.05) is 19.7 Å². The van der Waals surface area contributed by atoms with Gasteiger partial charge in [-0.3, -0.25) is 4.90 Å². The molecule has 2 saturated heterocycles. The molecule has 0 aromatic carbocycles. The monoisotopic (exact) mass is 254 g/mol. The van der Waals surface area contributed by atoms with Crippen molar-refractivity contribution in [2.24, 2.45) is 11.7 Å². The summed E-state index contributed by atoms with van der Waals surface area (Å²) in [4.78, 5) is 2.69. The highest BCUT2D eigenvalue weighted by atomic mass is 16.5. The molecular formula is C15H30N2O. The Labute approximate surface area is 112 Å². The van der Waals surface area contributed by atoms with Gasteiger partial charge < -0.3 is 10.5 Å². The zero-order valence-corrected chi connectivity index (χ0v) is 12.3. The lowest BCUT2D eigenvalue weighted by Crippen LogP contribution is -2.55. The zero-order chi connectivity index (χ0) is 13.2. The Balaban J connectivity index is 2.01. The van der Waals surface area contributed by atoms with Gasteiger partial charge >= 0.3 is 0 Å². The van der Waals surface area contributed by atoms with Crippen LogP contribution in [0.1, 0.15) is 52.9 Å². The Bertz CT molecular complexity index is 271. The average Bonchev–Trinajstić information content (AvgIpc) is 2.38. The normalized spacial score (nSPS) is 43.0. The zero-order valence-electron chi connectivity index (χ0n) is 12.3. The van der Waals surface area contributed by atoms with Crippen molar-refractivity contribution < 1.29 is 4.74 Å². The molecule has 0 saturated carbocycles. The lowest BCUT2D eigenvalue weighted by Gasteiger charge is -2.48. The molecule has 2 aliphatic rings. The van der Waals surface area contributed by atoms with Crippen molar-refractivity contribution in [2.45, 2.75) is 70.6 Å². The van der Waals surface area contributed by atoms with Crippen LogP contribution in [0.3, 0.4) is 0 Å². The van der Waals surface area contributed by atoms with E-state index in [0.29, 0.717) is 12.1 Å². The Morgan fingerprint density at radius 1 is 1.39 bits per heavy atom. The van der Waals surface area contributed by atoms with E-state index in [9.17, 15) is 0 Å².